The van der Waals surface area contributed by atoms with E-state index in [2.05, 4.69) is 16.0 Å². The van der Waals surface area contributed by atoms with Crippen LogP contribution in [-0.4, -0.2) is 23.9 Å². The number of carbonyl (C=O) groups is 2. The first-order valence-electron chi connectivity index (χ1n) is 8.37. The molecule has 0 spiro atoms. The highest BCUT2D eigenvalue weighted by molar-refractivity contribution is 6.31. The molecule has 0 saturated carbocycles. The first-order valence-corrected chi connectivity index (χ1v) is 8.75. The van der Waals surface area contributed by atoms with Crippen LogP contribution in [0.4, 0.5) is 11.4 Å². The van der Waals surface area contributed by atoms with Gasteiger partial charge in [0.05, 0.1) is 6.54 Å². The Kier molecular flexibility index (Phi) is 6.27. The maximum Gasteiger partial charge on any atom is 0.251 e. The molecular weight excluding hydrogens is 350 g/mol. The molecule has 5 nitrogen and oxygen atoms in total. The van der Waals surface area contributed by atoms with Gasteiger partial charge in [0.15, 0.2) is 0 Å². The number of hydrogen-bond donors (Lipinski definition) is 3. The second-order valence-electron chi connectivity index (χ2n) is 7.10. The minimum atomic E-state index is -0.287. The molecular formula is C20H24ClN3O2. The summed E-state index contributed by atoms with van der Waals surface area (Å²) >= 11 is 6.05. The summed E-state index contributed by atoms with van der Waals surface area (Å²) in [5.41, 5.74) is 2.57. The second kappa shape index (κ2) is 8.23. The third-order valence-corrected chi connectivity index (χ3v) is 4.04. The smallest absolute Gasteiger partial charge is 0.251 e. The molecule has 6 heteroatoms. The van der Waals surface area contributed by atoms with Crippen molar-refractivity contribution in [2.24, 2.45) is 0 Å². The van der Waals surface area contributed by atoms with Crippen molar-refractivity contribution in [2.45, 2.75) is 33.2 Å². The molecule has 2 aromatic carbocycles. The molecule has 2 amide bonds. The number of hydrogen-bond acceptors (Lipinski definition) is 3. The summed E-state index contributed by atoms with van der Waals surface area (Å²) < 4.78 is 0. The van der Waals surface area contributed by atoms with Gasteiger partial charge in [-0.05, 0) is 69.7 Å². The fraction of sp³-hybridized carbons (Fsp3) is 0.300. The molecule has 0 unspecified atom stereocenters. The summed E-state index contributed by atoms with van der Waals surface area (Å²) in [6.07, 6.45) is 0. The van der Waals surface area contributed by atoms with Crippen molar-refractivity contribution in [1.82, 2.24) is 5.32 Å². The van der Waals surface area contributed by atoms with E-state index in [0.717, 1.165) is 11.3 Å². The van der Waals surface area contributed by atoms with Crippen LogP contribution in [0.15, 0.2) is 42.5 Å². The molecule has 0 atom stereocenters. The summed E-state index contributed by atoms with van der Waals surface area (Å²) in [5.74, 6) is -0.303. The number of nitrogens with one attached hydrogen (secondary N) is 3. The predicted octanol–water partition coefficient (Wildman–Crippen LogP) is 4.23. The van der Waals surface area contributed by atoms with E-state index in [-0.39, 0.29) is 23.9 Å². The van der Waals surface area contributed by atoms with Gasteiger partial charge in [0.2, 0.25) is 5.91 Å². The van der Waals surface area contributed by atoms with Gasteiger partial charge in [-0.15, -0.1) is 0 Å². The number of carbonyl (C=O) groups excluding carboxylic acids is 2. The van der Waals surface area contributed by atoms with Crippen LogP contribution in [0.2, 0.25) is 5.02 Å². The van der Waals surface area contributed by atoms with Gasteiger partial charge in [-0.2, -0.15) is 0 Å². The van der Waals surface area contributed by atoms with Gasteiger partial charge in [0.1, 0.15) is 0 Å². The molecule has 0 bridgehead atoms. The lowest BCUT2D eigenvalue weighted by atomic mass is 10.1. The lowest BCUT2D eigenvalue weighted by molar-refractivity contribution is -0.114. The summed E-state index contributed by atoms with van der Waals surface area (Å²) in [6, 6.07) is 12.4. The maximum atomic E-state index is 12.1. The average Bonchev–Trinajstić information content (AvgIpc) is 2.56. The number of amides is 2. The van der Waals surface area contributed by atoms with Gasteiger partial charge in [-0.25, -0.2) is 0 Å². The van der Waals surface area contributed by atoms with Crippen LogP contribution in [0.5, 0.6) is 0 Å². The van der Waals surface area contributed by atoms with Crippen LogP contribution >= 0.6 is 11.6 Å². The zero-order valence-corrected chi connectivity index (χ0v) is 16.2. The molecule has 2 rings (SSSR count). The van der Waals surface area contributed by atoms with E-state index >= 15 is 0 Å². The Bertz CT molecular complexity index is 796. The van der Waals surface area contributed by atoms with Crippen molar-refractivity contribution in [3.63, 3.8) is 0 Å². The Morgan fingerprint density at radius 1 is 1.04 bits per heavy atom. The molecule has 0 aliphatic carbocycles. The topological polar surface area (TPSA) is 70.2 Å². The van der Waals surface area contributed by atoms with Crippen molar-refractivity contribution < 1.29 is 9.59 Å². The van der Waals surface area contributed by atoms with Crippen LogP contribution in [-0.2, 0) is 4.79 Å². The first kappa shape index (κ1) is 19.8. The maximum absolute atomic E-state index is 12.1. The quantitative estimate of drug-likeness (QED) is 0.734. The monoisotopic (exact) mass is 373 g/mol. The van der Waals surface area contributed by atoms with E-state index in [0.29, 0.717) is 16.3 Å². The SMILES string of the molecule is Cc1c(Cl)cccc1NC(=O)CNc1ccc(C(=O)NC(C)(C)C)cc1. The Hall–Kier alpha value is -2.53. The van der Waals surface area contributed by atoms with Gasteiger partial charge in [0.25, 0.3) is 5.91 Å². The van der Waals surface area contributed by atoms with Crippen LogP contribution in [0.25, 0.3) is 0 Å². The molecule has 0 aliphatic rings. The van der Waals surface area contributed by atoms with Gasteiger partial charge in [-0.3, -0.25) is 9.59 Å². The minimum absolute atomic E-state index is 0.111. The van der Waals surface area contributed by atoms with Gasteiger partial charge >= 0.3 is 0 Å². The largest absolute Gasteiger partial charge is 0.376 e. The fourth-order valence-corrected chi connectivity index (χ4v) is 2.45. The highest BCUT2D eigenvalue weighted by Gasteiger charge is 2.15. The first-order chi connectivity index (χ1) is 12.2. The van der Waals surface area contributed by atoms with E-state index in [1.165, 1.54) is 0 Å². The molecule has 0 saturated heterocycles. The standard InChI is InChI=1S/C20H24ClN3O2/c1-13-16(21)6-5-7-17(13)23-18(25)12-22-15-10-8-14(9-11-15)19(26)24-20(2,3)4/h5-11,22H,12H2,1-4H3,(H,23,25)(H,24,26). The van der Waals surface area contributed by atoms with E-state index in [1.807, 2.05) is 33.8 Å². The van der Waals surface area contributed by atoms with Crippen LogP contribution in [0, 0.1) is 6.92 Å². The third kappa shape index (κ3) is 5.77. The molecule has 26 heavy (non-hydrogen) atoms. The van der Waals surface area contributed by atoms with Crippen LogP contribution < -0.4 is 16.0 Å². The van der Waals surface area contributed by atoms with E-state index < -0.39 is 0 Å². The molecule has 3 N–H and O–H groups in total. The van der Waals surface area contributed by atoms with Gasteiger partial charge in [-0.1, -0.05) is 17.7 Å². The summed E-state index contributed by atoms with van der Waals surface area (Å²) in [6.45, 7) is 7.76. The predicted molar refractivity (Wildman–Crippen MR) is 107 cm³/mol. The molecule has 0 aliphatic heterocycles. The van der Waals surface area contributed by atoms with Gasteiger partial charge < -0.3 is 16.0 Å². The Balaban J connectivity index is 1.90. The normalized spacial score (nSPS) is 11.0. The summed E-state index contributed by atoms with van der Waals surface area (Å²) in [7, 11) is 0. The molecule has 0 radical (unpaired) electrons. The Morgan fingerprint density at radius 2 is 1.69 bits per heavy atom. The van der Waals surface area contributed by atoms with Crippen molar-refractivity contribution in [3.8, 4) is 0 Å². The number of benzene rings is 2. The fourth-order valence-electron chi connectivity index (χ4n) is 2.27. The molecule has 0 fully saturated rings. The molecule has 2 aromatic rings. The molecule has 0 aromatic heterocycles. The number of rotatable bonds is 5. The van der Waals surface area contributed by atoms with E-state index in [9.17, 15) is 9.59 Å². The average molecular weight is 374 g/mol. The van der Waals surface area contributed by atoms with Gasteiger partial charge in [0, 0.05) is 27.5 Å². The van der Waals surface area contributed by atoms with Crippen molar-refractivity contribution >= 4 is 34.8 Å². The Morgan fingerprint density at radius 3 is 2.31 bits per heavy atom. The zero-order valence-electron chi connectivity index (χ0n) is 15.4. The molecule has 138 valence electrons. The second-order valence-corrected chi connectivity index (χ2v) is 7.50. The highest BCUT2D eigenvalue weighted by Crippen LogP contribution is 2.22. The highest BCUT2D eigenvalue weighted by atomic mass is 35.5. The van der Waals surface area contributed by atoms with Crippen LogP contribution in [0.1, 0.15) is 36.7 Å². The van der Waals surface area contributed by atoms with Crippen molar-refractivity contribution in [2.75, 3.05) is 17.2 Å². The van der Waals surface area contributed by atoms with E-state index in [4.69, 9.17) is 11.6 Å². The summed E-state index contributed by atoms with van der Waals surface area (Å²) in [5, 5.41) is 9.38. The van der Waals surface area contributed by atoms with Crippen molar-refractivity contribution in [1.29, 1.82) is 0 Å². The zero-order chi connectivity index (χ0) is 19.3. The summed E-state index contributed by atoms with van der Waals surface area (Å²) in [4.78, 5) is 24.2. The molecule has 0 heterocycles. The third-order valence-electron chi connectivity index (χ3n) is 3.63. The Labute approximate surface area is 159 Å². The number of anilines is 2. The van der Waals surface area contributed by atoms with E-state index in [1.54, 1.807) is 36.4 Å². The lowest BCUT2D eigenvalue weighted by Gasteiger charge is -2.20. The van der Waals surface area contributed by atoms with Crippen molar-refractivity contribution in [3.05, 3.63) is 58.6 Å². The minimum Gasteiger partial charge on any atom is -0.376 e. The lowest BCUT2D eigenvalue weighted by Crippen LogP contribution is -2.40. The van der Waals surface area contributed by atoms with Crippen LogP contribution in [0.3, 0.4) is 0 Å². The number of halogens is 1.